The molecule has 1 heterocycles. The van der Waals surface area contributed by atoms with E-state index in [1.54, 1.807) is 6.07 Å². The van der Waals surface area contributed by atoms with Gasteiger partial charge in [0.25, 0.3) is 10.0 Å². The molecule has 3 rings (SSSR count). The second-order valence-corrected chi connectivity index (χ2v) is 8.80. The van der Waals surface area contributed by atoms with Crippen LogP contribution in [0.2, 0.25) is 0 Å². The standard InChI is InChI=1S/C20H26N2O3S.ClH/c1-16(2)21(3)15-9-14-20-25-19-13-8-7-12-18(19)22(26(20,23)24)17-10-5-4-6-11-17;/h4-8,10-13,16,20H,9,14-15H2,1-3H3;1H. The van der Waals surface area contributed by atoms with Crippen molar-refractivity contribution in [1.82, 2.24) is 4.90 Å². The average molecular weight is 411 g/mol. The zero-order valence-electron chi connectivity index (χ0n) is 15.9. The predicted molar refractivity (Wildman–Crippen MR) is 113 cm³/mol. The molecule has 1 aliphatic heterocycles. The first-order valence-corrected chi connectivity index (χ1v) is 10.5. The average Bonchev–Trinajstić information content (AvgIpc) is 2.62. The molecule has 1 aliphatic rings. The Morgan fingerprint density at radius 2 is 1.70 bits per heavy atom. The molecule has 27 heavy (non-hydrogen) atoms. The van der Waals surface area contributed by atoms with Gasteiger partial charge in [-0.2, -0.15) is 0 Å². The predicted octanol–water partition coefficient (Wildman–Crippen LogP) is 4.42. The van der Waals surface area contributed by atoms with Gasteiger partial charge in [0.1, 0.15) is 5.75 Å². The van der Waals surface area contributed by atoms with E-state index in [2.05, 4.69) is 18.7 Å². The molecule has 0 fully saturated rings. The Kier molecular flexibility index (Phi) is 7.14. The number of halogens is 1. The van der Waals surface area contributed by atoms with Crippen LogP contribution < -0.4 is 9.04 Å². The molecule has 0 radical (unpaired) electrons. The summed E-state index contributed by atoms with van der Waals surface area (Å²) in [6, 6.07) is 16.9. The summed E-state index contributed by atoms with van der Waals surface area (Å²) in [5, 5.41) is 0. The van der Waals surface area contributed by atoms with Gasteiger partial charge in [-0.15, -0.1) is 12.4 Å². The van der Waals surface area contributed by atoms with Crippen LogP contribution in [0.1, 0.15) is 26.7 Å². The van der Waals surface area contributed by atoms with Crippen LogP contribution in [0.15, 0.2) is 54.6 Å². The van der Waals surface area contributed by atoms with Gasteiger partial charge in [0.05, 0.1) is 11.4 Å². The first-order chi connectivity index (χ1) is 12.4. The summed E-state index contributed by atoms with van der Waals surface area (Å²) in [5.74, 6) is 0.605. The molecule has 0 bridgehead atoms. The maximum absolute atomic E-state index is 13.3. The zero-order chi connectivity index (χ0) is 18.7. The Morgan fingerprint density at radius 1 is 1.07 bits per heavy atom. The number of ether oxygens (including phenoxy) is 1. The highest BCUT2D eigenvalue weighted by Gasteiger charge is 2.40. The Hall–Kier alpha value is -1.76. The van der Waals surface area contributed by atoms with Crippen LogP contribution >= 0.6 is 12.4 Å². The van der Waals surface area contributed by atoms with Crippen molar-refractivity contribution in [2.45, 2.75) is 38.2 Å². The maximum atomic E-state index is 13.3. The first kappa shape index (κ1) is 21.5. The van der Waals surface area contributed by atoms with Crippen LogP contribution in [0, 0.1) is 0 Å². The molecule has 2 aromatic carbocycles. The highest BCUT2D eigenvalue weighted by molar-refractivity contribution is 7.93. The summed E-state index contributed by atoms with van der Waals surface area (Å²) in [6.07, 6.45) is 1.21. The SMILES string of the molecule is CC(C)N(C)CCCC1Oc2ccccc2N(c2ccccc2)S1(=O)=O.Cl. The topological polar surface area (TPSA) is 49.9 Å². The van der Waals surface area contributed by atoms with E-state index in [9.17, 15) is 8.42 Å². The van der Waals surface area contributed by atoms with Gasteiger partial charge in [0.15, 0.2) is 0 Å². The molecule has 0 spiro atoms. The molecule has 7 heteroatoms. The number of hydrogen-bond donors (Lipinski definition) is 0. The molecule has 2 aromatic rings. The van der Waals surface area contributed by atoms with Crippen LogP contribution in [-0.4, -0.2) is 38.4 Å². The van der Waals surface area contributed by atoms with E-state index in [1.807, 2.05) is 55.6 Å². The highest BCUT2D eigenvalue weighted by atomic mass is 35.5. The fourth-order valence-electron chi connectivity index (χ4n) is 3.00. The summed E-state index contributed by atoms with van der Waals surface area (Å²) < 4.78 is 33.9. The molecule has 1 unspecified atom stereocenters. The third-order valence-corrected chi connectivity index (χ3v) is 6.66. The van der Waals surface area contributed by atoms with Gasteiger partial charge in [0, 0.05) is 12.5 Å². The van der Waals surface area contributed by atoms with Crippen LogP contribution in [-0.2, 0) is 10.0 Å². The monoisotopic (exact) mass is 410 g/mol. The van der Waals surface area contributed by atoms with E-state index < -0.39 is 15.5 Å². The van der Waals surface area contributed by atoms with Crippen molar-refractivity contribution in [3.05, 3.63) is 54.6 Å². The molecule has 0 amide bonds. The number of hydrogen-bond acceptors (Lipinski definition) is 4. The minimum Gasteiger partial charge on any atom is -0.470 e. The van der Waals surface area contributed by atoms with E-state index in [-0.39, 0.29) is 12.4 Å². The zero-order valence-corrected chi connectivity index (χ0v) is 17.5. The lowest BCUT2D eigenvalue weighted by atomic mass is 10.2. The number of anilines is 2. The lowest BCUT2D eigenvalue weighted by Gasteiger charge is -2.35. The highest BCUT2D eigenvalue weighted by Crippen LogP contribution is 2.42. The molecule has 0 saturated heterocycles. The molecular weight excluding hydrogens is 384 g/mol. The van der Waals surface area contributed by atoms with E-state index >= 15 is 0 Å². The van der Waals surface area contributed by atoms with Gasteiger partial charge in [0.2, 0.25) is 5.44 Å². The summed E-state index contributed by atoms with van der Waals surface area (Å²) in [4.78, 5) is 2.21. The third kappa shape index (κ3) is 4.57. The largest absolute Gasteiger partial charge is 0.470 e. The van der Waals surface area contributed by atoms with Crippen LogP contribution in [0.3, 0.4) is 0 Å². The smallest absolute Gasteiger partial charge is 0.277 e. The van der Waals surface area contributed by atoms with Gasteiger partial charge >= 0.3 is 0 Å². The second-order valence-electron chi connectivity index (χ2n) is 6.88. The fraction of sp³-hybridized carbons (Fsp3) is 0.400. The lowest BCUT2D eigenvalue weighted by molar-refractivity contribution is 0.226. The lowest BCUT2D eigenvalue weighted by Crippen LogP contribution is -2.43. The van der Waals surface area contributed by atoms with E-state index in [0.29, 0.717) is 29.6 Å². The van der Waals surface area contributed by atoms with E-state index in [1.165, 1.54) is 4.31 Å². The van der Waals surface area contributed by atoms with Gasteiger partial charge in [-0.05, 0) is 58.1 Å². The summed E-state index contributed by atoms with van der Waals surface area (Å²) >= 11 is 0. The van der Waals surface area contributed by atoms with Crippen LogP contribution in [0.25, 0.3) is 0 Å². The van der Waals surface area contributed by atoms with Gasteiger partial charge in [-0.1, -0.05) is 30.3 Å². The summed E-state index contributed by atoms with van der Waals surface area (Å²) in [7, 11) is -1.61. The Morgan fingerprint density at radius 3 is 2.37 bits per heavy atom. The van der Waals surface area contributed by atoms with Crippen molar-refractivity contribution >= 4 is 33.8 Å². The maximum Gasteiger partial charge on any atom is 0.277 e. The second kappa shape index (κ2) is 8.95. The normalized spacial score (nSPS) is 18.0. The minimum absolute atomic E-state index is 0. The quantitative estimate of drug-likeness (QED) is 0.707. The molecule has 148 valence electrons. The fourth-order valence-corrected chi connectivity index (χ4v) is 4.77. The summed E-state index contributed by atoms with van der Waals surface area (Å²) in [5.41, 5.74) is 0.319. The Balaban J connectivity index is 0.00000261. The number of para-hydroxylation sites is 3. The Bertz CT molecular complexity index is 843. The summed E-state index contributed by atoms with van der Waals surface area (Å²) in [6.45, 7) is 5.09. The number of rotatable bonds is 6. The molecular formula is C20H27ClN2O3S. The molecule has 0 saturated carbocycles. The molecule has 1 atom stereocenters. The molecule has 0 aromatic heterocycles. The number of nitrogens with zero attached hydrogens (tertiary/aromatic N) is 2. The van der Waals surface area contributed by atoms with E-state index in [4.69, 9.17) is 4.74 Å². The van der Waals surface area contributed by atoms with Crippen molar-refractivity contribution in [3.63, 3.8) is 0 Å². The van der Waals surface area contributed by atoms with E-state index in [0.717, 1.165) is 13.0 Å². The van der Waals surface area contributed by atoms with Crippen molar-refractivity contribution in [2.75, 3.05) is 17.9 Å². The Labute approximate surface area is 168 Å². The van der Waals surface area contributed by atoms with Gasteiger partial charge < -0.3 is 9.64 Å². The van der Waals surface area contributed by atoms with Crippen molar-refractivity contribution < 1.29 is 13.2 Å². The van der Waals surface area contributed by atoms with Crippen molar-refractivity contribution in [2.24, 2.45) is 0 Å². The van der Waals surface area contributed by atoms with Crippen LogP contribution in [0.4, 0.5) is 11.4 Å². The first-order valence-electron chi connectivity index (χ1n) is 8.96. The number of sulfonamides is 1. The van der Waals surface area contributed by atoms with Crippen LogP contribution in [0.5, 0.6) is 5.75 Å². The van der Waals surface area contributed by atoms with Gasteiger partial charge in [-0.3, -0.25) is 0 Å². The number of fused-ring (bicyclic) bond motifs is 1. The van der Waals surface area contributed by atoms with Gasteiger partial charge in [-0.25, -0.2) is 12.7 Å². The molecule has 0 N–H and O–H groups in total. The van der Waals surface area contributed by atoms with Crippen molar-refractivity contribution in [3.8, 4) is 5.75 Å². The molecule has 5 nitrogen and oxygen atoms in total. The minimum atomic E-state index is -3.66. The number of benzene rings is 2. The molecule has 0 aliphatic carbocycles. The van der Waals surface area contributed by atoms with Crippen molar-refractivity contribution in [1.29, 1.82) is 0 Å². The third-order valence-electron chi connectivity index (χ3n) is 4.75.